The Kier molecular flexibility index (Phi) is 58.3. The number of rotatable bonds is 56. The van der Waals surface area contributed by atoms with E-state index in [9.17, 15) is 14.4 Å². The second-order valence-corrected chi connectivity index (χ2v) is 20.6. The number of ether oxygens (including phenoxy) is 3. The molecule has 6 heteroatoms. The Balaban J connectivity index is 4.34. The van der Waals surface area contributed by atoms with Crippen molar-refractivity contribution in [3.63, 3.8) is 0 Å². The minimum atomic E-state index is -0.805. The van der Waals surface area contributed by atoms with Gasteiger partial charge in [-0.1, -0.05) is 279 Å². The standard InChI is InChI=1S/C67H116O6/c1-4-7-10-13-16-19-22-25-27-29-30-31-32-33-34-35-36-38-39-42-45-48-51-54-57-60-66(69)72-63-64(62-71-65(68)59-56-53-50-47-44-41-24-21-18-15-12-9-6-3)73-67(70)61-58-55-52-49-46-43-40-37-28-26-23-20-17-14-11-8-5-2/h8,11,17,20,22,25-26,28-30,40,43,49,52,64H,4-7,9-10,12-16,18-19,21,23-24,27,31-39,41-42,44-48,50-51,53-63H2,1-3H3/b11-8-,20-17-,25-22-,28-26-,30-29-,43-40-,52-49-. The molecule has 0 N–H and O–H groups in total. The highest BCUT2D eigenvalue weighted by molar-refractivity contribution is 5.71. The van der Waals surface area contributed by atoms with Crippen LogP contribution in [0, 0.1) is 0 Å². The van der Waals surface area contributed by atoms with Crippen LogP contribution in [-0.2, 0) is 28.6 Å². The monoisotopic (exact) mass is 1020 g/mol. The maximum absolute atomic E-state index is 12.9. The zero-order valence-electron chi connectivity index (χ0n) is 48.1. The summed E-state index contributed by atoms with van der Waals surface area (Å²) in [4.78, 5) is 38.2. The molecule has 0 amide bonds. The number of carbonyl (C=O) groups excluding carboxylic acids is 3. The van der Waals surface area contributed by atoms with Gasteiger partial charge in [0.1, 0.15) is 13.2 Å². The van der Waals surface area contributed by atoms with E-state index in [2.05, 4.69) is 106 Å². The van der Waals surface area contributed by atoms with E-state index in [4.69, 9.17) is 14.2 Å². The fourth-order valence-electron chi connectivity index (χ4n) is 8.75. The normalized spacial score (nSPS) is 12.6. The number of hydrogen-bond acceptors (Lipinski definition) is 6. The average molecular weight is 1020 g/mol. The van der Waals surface area contributed by atoms with Gasteiger partial charge >= 0.3 is 17.9 Å². The summed E-state index contributed by atoms with van der Waals surface area (Å²) in [5.41, 5.74) is 0. The number of carbonyl (C=O) groups is 3. The summed E-state index contributed by atoms with van der Waals surface area (Å²) in [5, 5.41) is 0. The van der Waals surface area contributed by atoms with Crippen molar-refractivity contribution in [3.05, 3.63) is 85.1 Å². The zero-order valence-corrected chi connectivity index (χ0v) is 48.1. The molecule has 1 atom stereocenters. The van der Waals surface area contributed by atoms with Gasteiger partial charge in [0.25, 0.3) is 0 Å². The fourth-order valence-corrected chi connectivity index (χ4v) is 8.75. The largest absolute Gasteiger partial charge is 0.462 e. The Labute approximate surface area is 452 Å². The maximum Gasteiger partial charge on any atom is 0.306 e. The smallest absolute Gasteiger partial charge is 0.306 e. The van der Waals surface area contributed by atoms with Crippen molar-refractivity contribution in [2.24, 2.45) is 0 Å². The van der Waals surface area contributed by atoms with Crippen molar-refractivity contribution < 1.29 is 28.6 Å². The molecule has 0 aromatic rings. The molecule has 0 spiro atoms. The first-order valence-electron chi connectivity index (χ1n) is 31.1. The van der Waals surface area contributed by atoms with Crippen LogP contribution in [0.1, 0.15) is 303 Å². The zero-order chi connectivity index (χ0) is 52.9. The molecular weight excluding hydrogens is 901 g/mol. The van der Waals surface area contributed by atoms with Crippen molar-refractivity contribution in [3.8, 4) is 0 Å². The second kappa shape index (κ2) is 61.1. The maximum atomic E-state index is 12.9. The van der Waals surface area contributed by atoms with Crippen molar-refractivity contribution in [1.82, 2.24) is 0 Å². The third-order valence-electron chi connectivity index (χ3n) is 13.4. The quantitative estimate of drug-likeness (QED) is 0.0261. The lowest BCUT2D eigenvalue weighted by Gasteiger charge is -2.18. The first-order chi connectivity index (χ1) is 36.0. The molecule has 0 rings (SSSR count). The van der Waals surface area contributed by atoms with E-state index in [1.54, 1.807) is 0 Å². The summed E-state index contributed by atoms with van der Waals surface area (Å²) >= 11 is 0. The molecule has 0 saturated carbocycles. The molecule has 0 bridgehead atoms. The van der Waals surface area contributed by atoms with Gasteiger partial charge in [-0.25, -0.2) is 0 Å². The molecule has 420 valence electrons. The van der Waals surface area contributed by atoms with Crippen molar-refractivity contribution in [1.29, 1.82) is 0 Å². The fraction of sp³-hybridized carbons (Fsp3) is 0.746. The number of allylic oxidation sites excluding steroid dienone is 14. The second-order valence-electron chi connectivity index (χ2n) is 20.6. The molecule has 1 unspecified atom stereocenters. The lowest BCUT2D eigenvalue weighted by Crippen LogP contribution is -2.30. The van der Waals surface area contributed by atoms with Crippen molar-refractivity contribution in [2.45, 2.75) is 309 Å². The van der Waals surface area contributed by atoms with Crippen LogP contribution < -0.4 is 0 Å². The Morgan fingerprint density at radius 3 is 0.877 bits per heavy atom. The van der Waals surface area contributed by atoms with E-state index < -0.39 is 6.10 Å². The van der Waals surface area contributed by atoms with E-state index in [0.717, 1.165) is 83.5 Å². The van der Waals surface area contributed by atoms with Crippen LogP contribution in [0.5, 0.6) is 0 Å². The molecule has 0 aliphatic rings. The van der Waals surface area contributed by atoms with Gasteiger partial charge < -0.3 is 14.2 Å². The lowest BCUT2D eigenvalue weighted by molar-refractivity contribution is -0.167. The highest BCUT2D eigenvalue weighted by Crippen LogP contribution is 2.16. The molecular formula is C67H116O6. The number of unbranched alkanes of at least 4 members (excludes halogenated alkanes) is 31. The van der Waals surface area contributed by atoms with E-state index in [1.165, 1.54) is 173 Å². The van der Waals surface area contributed by atoms with Gasteiger partial charge in [-0.15, -0.1) is 0 Å². The lowest BCUT2D eigenvalue weighted by atomic mass is 10.0. The summed E-state index contributed by atoms with van der Waals surface area (Å²) in [5.74, 6) is -0.946. The van der Waals surface area contributed by atoms with E-state index in [-0.39, 0.29) is 37.5 Å². The molecule has 0 heterocycles. The highest BCUT2D eigenvalue weighted by Gasteiger charge is 2.19. The molecule has 6 nitrogen and oxygen atoms in total. The van der Waals surface area contributed by atoms with Crippen LogP contribution in [0.25, 0.3) is 0 Å². The molecule has 0 aromatic carbocycles. The summed E-state index contributed by atoms with van der Waals surface area (Å²) in [6.45, 7) is 6.49. The highest BCUT2D eigenvalue weighted by atomic mass is 16.6. The van der Waals surface area contributed by atoms with Gasteiger partial charge in [0.05, 0.1) is 0 Å². The summed E-state index contributed by atoms with van der Waals surface area (Å²) in [6, 6.07) is 0. The van der Waals surface area contributed by atoms with Gasteiger partial charge in [-0.05, 0) is 89.9 Å². The van der Waals surface area contributed by atoms with Crippen LogP contribution >= 0.6 is 0 Å². The number of hydrogen-bond donors (Lipinski definition) is 0. The van der Waals surface area contributed by atoms with Crippen LogP contribution in [-0.4, -0.2) is 37.2 Å². The molecule has 73 heavy (non-hydrogen) atoms. The molecule has 0 saturated heterocycles. The molecule has 0 aromatic heterocycles. The van der Waals surface area contributed by atoms with Crippen LogP contribution in [0.3, 0.4) is 0 Å². The number of esters is 3. The van der Waals surface area contributed by atoms with Gasteiger partial charge in [0, 0.05) is 19.3 Å². The Morgan fingerprint density at radius 1 is 0.288 bits per heavy atom. The third kappa shape index (κ3) is 59.3. The van der Waals surface area contributed by atoms with Crippen molar-refractivity contribution >= 4 is 17.9 Å². The Bertz CT molecular complexity index is 1400. The predicted molar refractivity (Wildman–Crippen MR) is 316 cm³/mol. The Hall–Kier alpha value is -3.41. The van der Waals surface area contributed by atoms with E-state index in [0.29, 0.717) is 19.3 Å². The molecule has 0 fully saturated rings. The predicted octanol–water partition coefficient (Wildman–Crippen LogP) is 21.1. The topological polar surface area (TPSA) is 78.9 Å². The van der Waals surface area contributed by atoms with Crippen molar-refractivity contribution in [2.75, 3.05) is 13.2 Å². The Morgan fingerprint density at radius 2 is 0.548 bits per heavy atom. The average Bonchev–Trinajstić information content (AvgIpc) is 3.39. The van der Waals surface area contributed by atoms with E-state index in [1.807, 2.05) is 0 Å². The first-order valence-corrected chi connectivity index (χ1v) is 31.1. The van der Waals surface area contributed by atoms with Crippen LogP contribution in [0.15, 0.2) is 85.1 Å². The third-order valence-corrected chi connectivity index (χ3v) is 13.4. The summed E-state index contributed by atoms with van der Waals surface area (Å²) in [6.07, 6.45) is 80.2. The SMILES string of the molecule is CC/C=C\C/C=C\C/C=C\C/C=C\C/C=C\CCCC(=O)OC(COC(=O)CCCCCCCCCCCCCCC)COC(=O)CCCCCCCCCCCCCCC/C=C\C/C=C\CCCCCCC. The first kappa shape index (κ1) is 69.6. The summed E-state index contributed by atoms with van der Waals surface area (Å²) < 4.78 is 16.9. The molecule has 0 radical (unpaired) electrons. The van der Waals surface area contributed by atoms with Gasteiger partial charge in [0.2, 0.25) is 0 Å². The van der Waals surface area contributed by atoms with Gasteiger partial charge in [-0.2, -0.15) is 0 Å². The minimum absolute atomic E-state index is 0.0965. The molecule has 0 aliphatic carbocycles. The van der Waals surface area contributed by atoms with Gasteiger partial charge in [-0.3, -0.25) is 14.4 Å². The van der Waals surface area contributed by atoms with Crippen LogP contribution in [0.4, 0.5) is 0 Å². The summed E-state index contributed by atoms with van der Waals surface area (Å²) in [7, 11) is 0. The van der Waals surface area contributed by atoms with Crippen LogP contribution in [0.2, 0.25) is 0 Å². The minimum Gasteiger partial charge on any atom is -0.462 e. The van der Waals surface area contributed by atoms with E-state index >= 15 is 0 Å². The van der Waals surface area contributed by atoms with Gasteiger partial charge in [0.15, 0.2) is 6.10 Å². The molecule has 0 aliphatic heterocycles.